The fraction of sp³-hybridized carbons (Fsp3) is 0.455. The molecule has 0 aliphatic rings. The summed E-state index contributed by atoms with van der Waals surface area (Å²) >= 11 is 5.74. The molecule has 8 heteroatoms. The quantitative estimate of drug-likeness (QED) is 0.596. The number of carbonyl (C=O) groups excluding carboxylic acids is 1. The molecule has 0 amide bonds. The predicted octanol–water partition coefficient (Wildman–Crippen LogP) is 0.789. The zero-order valence-electron chi connectivity index (χ0n) is 10.6. The average Bonchev–Trinajstić information content (AvgIpc) is 2.77. The van der Waals surface area contributed by atoms with Crippen molar-refractivity contribution in [2.24, 2.45) is 0 Å². The van der Waals surface area contributed by atoms with Crippen LogP contribution in [0.3, 0.4) is 0 Å². The van der Waals surface area contributed by atoms with Crippen LogP contribution in [-0.4, -0.2) is 45.6 Å². The van der Waals surface area contributed by atoms with Crippen LogP contribution in [-0.2, 0) is 22.5 Å². The molecule has 7 nitrogen and oxygen atoms in total. The van der Waals surface area contributed by atoms with Gasteiger partial charge >= 0.3 is 5.97 Å². The summed E-state index contributed by atoms with van der Waals surface area (Å²) in [6, 6.07) is 0. The average molecular weight is 285 g/mol. The molecule has 0 unspecified atom stereocenters. The van der Waals surface area contributed by atoms with Crippen molar-refractivity contribution in [2.45, 2.75) is 13.0 Å². The molecular formula is C11H13ClN4O3. The molecule has 2 aromatic rings. The number of nitrogens with zero attached hydrogens (tertiary/aromatic N) is 4. The first kappa shape index (κ1) is 13.5. The van der Waals surface area contributed by atoms with Gasteiger partial charge in [-0.05, 0) is 0 Å². The van der Waals surface area contributed by atoms with E-state index < -0.39 is 0 Å². The number of aryl methyl sites for hydroxylation is 1. The number of hydrogen-bond acceptors (Lipinski definition) is 6. The Morgan fingerprint density at radius 2 is 2.21 bits per heavy atom. The minimum Gasteiger partial charge on any atom is -0.479 e. The number of fused-ring (bicyclic) bond motifs is 1. The lowest BCUT2D eigenvalue weighted by molar-refractivity contribution is -0.141. The summed E-state index contributed by atoms with van der Waals surface area (Å²) in [5, 5.41) is 0. The molecule has 0 radical (unpaired) electrons. The largest absolute Gasteiger partial charge is 0.479 e. The van der Waals surface area contributed by atoms with Gasteiger partial charge in [-0.25, -0.2) is 9.97 Å². The van der Waals surface area contributed by atoms with Crippen LogP contribution >= 0.6 is 11.6 Å². The Balaban J connectivity index is 2.56. The molecule has 0 atom stereocenters. The first-order valence-corrected chi connectivity index (χ1v) is 6.11. The summed E-state index contributed by atoms with van der Waals surface area (Å²) in [4.78, 5) is 24.0. The fourth-order valence-corrected chi connectivity index (χ4v) is 1.91. The Labute approximate surface area is 114 Å². The summed E-state index contributed by atoms with van der Waals surface area (Å²) in [5.74, 6) is 1.02. The van der Waals surface area contributed by atoms with Gasteiger partial charge in [-0.15, -0.1) is 11.6 Å². The molecule has 2 heterocycles. The van der Waals surface area contributed by atoms with Crippen LogP contribution in [0.5, 0.6) is 5.88 Å². The molecule has 0 aliphatic carbocycles. The second kappa shape index (κ2) is 5.83. The van der Waals surface area contributed by atoms with Crippen molar-refractivity contribution in [3.63, 3.8) is 0 Å². The maximum Gasteiger partial charge on any atom is 0.325 e. The van der Waals surface area contributed by atoms with Gasteiger partial charge in [0.15, 0.2) is 11.2 Å². The Bertz CT molecular complexity index is 599. The number of ether oxygens (including phenoxy) is 2. The van der Waals surface area contributed by atoms with Gasteiger partial charge < -0.3 is 14.0 Å². The van der Waals surface area contributed by atoms with E-state index in [1.54, 1.807) is 4.57 Å². The normalized spacial score (nSPS) is 10.7. The molecule has 0 saturated heterocycles. The van der Waals surface area contributed by atoms with E-state index in [1.807, 2.05) is 0 Å². The van der Waals surface area contributed by atoms with Gasteiger partial charge in [-0.1, -0.05) is 0 Å². The molecule has 0 aliphatic heterocycles. The van der Waals surface area contributed by atoms with E-state index in [4.69, 9.17) is 16.3 Å². The molecule has 0 saturated carbocycles. The number of methoxy groups -OCH3 is 2. The second-order valence-electron chi connectivity index (χ2n) is 3.68. The van der Waals surface area contributed by atoms with Gasteiger partial charge in [0.1, 0.15) is 18.7 Å². The van der Waals surface area contributed by atoms with E-state index in [1.165, 1.54) is 20.5 Å². The molecule has 19 heavy (non-hydrogen) atoms. The lowest BCUT2D eigenvalue weighted by atomic mass is 10.4. The predicted molar refractivity (Wildman–Crippen MR) is 68.3 cm³/mol. The topological polar surface area (TPSA) is 79.1 Å². The van der Waals surface area contributed by atoms with Crippen molar-refractivity contribution in [3.8, 4) is 5.88 Å². The van der Waals surface area contributed by atoms with Crippen molar-refractivity contribution in [1.82, 2.24) is 19.5 Å². The van der Waals surface area contributed by atoms with Gasteiger partial charge in [0.05, 0.1) is 14.2 Å². The molecule has 102 valence electrons. The minimum atomic E-state index is -0.382. The molecular weight excluding hydrogens is 272 g/mol. The third kappa shape index (κ3) is 2.60. The van der Waals surface area contributed by atoms with E-state index in [0.717, 1.165) is 0 Å². The lowest BCUT2D eigenvalue weighted by Crippen LogP contribution is -2.14. The summed E-state index contributed by atoms with van der Waals surface area (Å²) in [6.07, 6.45) is 1.87. The highest BCUT2D eigenvalue weighted by molar-refractivity contribution is 6.17. The second-order valence-corrected chi connectivity index (χ2v) is 4.06. The van der Waals surface area contributed by atoms with Gasteiger partial charge in [-0.2, -0.15) is 4.98 Å². The maximum atomic E-state index is 11.5. The number of aromatic nitrogens is 4. The number of alkyl halides is 1. The molecule has 0 fully saturated rings. The number of rotatable bonds is 5. The van der Waals surface area contributed by atoms with Crippen molar-refractivity contribution in [3.05, 3.63) is 12.2 Å². The first-order valence-electron chi connectivity index (χ1n) is 5.58. The van der Waals surface area contributed by atoms with E-state index in [2.05, 4.69) is 19.7 Å². The van der Waals surface area contributed by atoms with Gasteiger partial charge in [0, 0.05) is 12.3 Å². The summed E-state index contributed by atoms with van der Waals surface area (Å²) < 4.78 is 11.5. The van der Waals surface area contributed by atoms with Crippen molar-refractivity contribution in [2.75, 3.05) is 20.1 Å². The Morgan fingerprint density at radius 3 is 2.84 bits per heavy atom. The number of esters is 1. The molecule has 0 N–H and O–H groups in total. The van der Waals surface area contributed by atoms with Crippen molar-refractivity contribution >= 4 is 28.7 Å². The van der Waals surface area contributed by atoms with Gasteiger partial charge in [0.2, 0.25) is 5.88 Å². The van der Waals surface area contributed by atoms with Crippen LogP contribution in [0.4, 0.5) is 0 Å². The number of halogens is 1. The zero-order valence-corrected chi connectivity index (χ0v) is 11.3. The smallest absolute Gasteiger partial charge is 0.325 e. The molecule has 0 spiro atoms. The first-order chi connectivity index (χ1) is 9.21. The fourth-order valence-electron chi connectivity index (χ4n) is 1.75. The van der Waals surface area contributed by atoms with Crippen LogP contribution in [0.2, 0.25) is 0 Å². The SMILES string of the molecule is COC(=O)Cn1c(CCCl)nc2c(OC)ncnc21. The van der Waals surface area contributed by atoms with Crippen molar-refractivity contribution in [1.29, 1.82) is 0 Å². The van der Waals surface area contributed by atoms with Gasteiger partial charge in [0.25, 0.3) is 0 Å². The van der Waals surface area contributed by atoms with E-state index >= 15 is 0 Å². The molecule has 0 aromatic carbocycles. The molecule has 2 rings (SSSR count). The highest BCUT2D eigenvalue weighted by Crippen LogP contribution is 2.22. The maximum absolute atomic E-state index is 11.5. The highest BCUT2D eigenvalue weighted by Gasteiger charge is 2.18. The number of carbonyl (C=O) groups is 1. The summed E-state index contributed by atoms with van der Waals surface area (Å²) in [6.45, 7) is 0.0272. The van der Waals surface area contributed by atoms with Crippen LogP contribution in [0.15, 0.2) is 6.33 Å². The van der Waals surface area contributed by atoms with E-state index in [9.17, 15) is 4.79 Å². The number of hydrogen-bond donors (Lipinski definition) is 0. The lowest BCUT2D eigenvalue weighted by Gasteiger charge is -2.05. The Kier molecular flexibility index (Phi) is 4.16. The standard InChI is InChI=1S/C11H13ClN4O3/c1-18-8(17)5-16-7(3-4-12)15-9-10(16)13-6-14-11(9)19-2/h6H,3-5H2,1-2H3. The van der Waals surface area contributed by atoms with E-state index in [0.29, 0.717) is 35.2 Å². The Hall–Kier alpha value is -1.89. The highest BCUT2D eigenvalue weighted by atomic mass is 35.5. The van der Waals surface area contributed by atoms with Gasteiger partial charge in [-0.3, -0.25) is 4.79 Å². The molecule has 0 bridgehead atoms. The van der Waals surface area contributed by atoms with Crippen LogP contribution in [0, 0.1) is 0 Å². The monoisotopic (exact) mass is 284 g/mol. The summed E-state index contributed by atoms with van der Waals surface area (Å²) in [5.41, 5.74) is 1.03. The summed E-state index contributed by atoms with van der Waals surface area (Å²) in [7, 11) is 2.83. The molecule has 2 aromatic heterocycles. The third-order valence-corrected chi connectivity index (χ3v) is 2.79. The van der Waals surface area contributed by atoms with Crippen LogP contribution in [0.1, 0.15) is 5.82 Å². The van der Waals surface area contributed by atoms with E-state index in [-0.39, 0.29) is 12.5 Å². The van der Waals surface area contributed by atoms with Crippen LogP contribution in [0.25, 0.3) is 11.2 Å². The minimum absolute atomic E-state index is 0.0272. The third-order valence-electron chi connectivity index (χ3n) is 2.60. The number of imidazole rings is 1. The van der Waals surface area contributed by atoms with Crippen molar-refractivity contribution < 1.29 is 14.3 Å². The Morgan fingerprint density at radius 1 is 1.42 bits per heavy atom. The zero-order chi connectivity index (χ0) is 13.8. The van der Waals surface area contributed by atoms with Crippen LogP contribution < -0.4 is 4.74 Å².